The number of ether oxygens (including phenoxy) is 1. The van der Waals surface area contributed by atoms with Crippen LogP contribution in [0.25, 0.3) is 0 Å². The second-order valence-corrected chi connectivity index (χ2v) is 4.57. The molecule has 0 heterocycles. The van der Waals surface area contributed by atoms with Crippen LogP contribution in [0.3, 0.4) is 0 Å². The minimum absolute atomic E-state index is 0.00883. The summed E-state index contributed by atoms with van der Waals surface area (Å²) in [5.74, 6) is 0.804. The maximum atomic E-state index is 12.3. The molecule has 1 rings (SSSR count). The molecule has 0 atom stereocenters. The lowest BCUT2D eigenvalue weighted by atomic mass is 9.85. The van der Waals surface area contributed by atoms with Crippen molar-refractivity contribution in [1.29, 1.82) is 0 Å². The van der Waals surface area contributed by atoms with Gasteiger partial charge in [0.05, 0.1) is 12.1 Å². The molecule has 0 unspecified atom stereocenters. The van der Waals surface area contributed by atoms with E-state index in [4.69, 9.17) is 10.5 Å². The summed E-state index contributed by atoms with van der Waals surface area (Å²) in [6.45, 7) is 6.64. The van der Waals surface area contributed by atoms with Gasteiger partial charge in [-0.1, -0.05) is 20.8 Å². The molecule has 0 amide bonds. The summed E-state index contributed by atoms with van der Waals surface area (Å²) < 4.78 is 5.49. The van der Waals surface area contributed by atoms with Gasteiger partial charge in [-0.05, 0) is 43.5 Å². The first kappa shape index (κ1) is 14.7. The molecule has 0 saturated heterocycles. The highest BCUT2D eigenvalue weighted by Gasteiger charge is 2.30. The molecule has 0 bridgehead atoms. The largest absolute Gasteiger partial charge is 0.494 e. The van der Waals surface area contributed by atoms with Gasteiger partial charge >= 0.3 is 0 Å². The predicted molar refractivity (Wildman–Crippen MR) is 74.1 cm³/mol. The summed E-state index contributed by atoms with van der Waals surface area (Å²) in [5, 5.41) is 0. The molecule has 0 aliphatic carbocycles. The number of carbonyl (C=O) groups is 1. The molecule has 3 heteroatoms. The van der Waals surface area contributed by atoms with Crippen LogP contribution in [-0.2, 0) is 0 Å². The van der Waals surface area contributed by atoms with Crippen LogP contribution in [0.5, 0.6) is 5.75 Å². The van der Waals surface area contributed by atoms with Crippen LogP contribution < -0.4 is 10.5 Å². The SMILES string of the molecule is CCCOc1ccc(C(=O)C(N)(CC)CC)cc1. The van der Waals surface area contributed by atoms with Crippen LogP contribution in [0.1, 0.15) is 50.4 Å². The van der Waals surface area contributed by atoms with E-state index >= 15 is 0 Å². The van der Waals surface area contributed by atoms with E-state index in [-0.39, 0.29) is 5.78 Å². The first-order chi connectivity index (χ1) is 8.57. The van der Waals surface area contributed by atoms with Gasteiger partial charge in [-0.3, -0.25) is 4.79 Å². The summed E-state index contributed by atoms with van der Waals surface area (Å²) in [6.07, 6.45) is 2.27. The fourth-order valence-electron chi connectivity index (χ4n) is 1.78. The van der Waals surface area contributed by atoms with Crippen LogP contribution in [-0.4, -0.2) is 17.9 Å². The summed E-state index contributed by atoms with van der Waals surface area (Å²) in [7, 11) is 0. The fraction of sp³-hybridized carbons (Fsp3) is 0.533. The molecule has 0 saturated carbocycles. The van der Waals surface area contributed by atoms with Crippen molar-refractivity contribution in [3.05, 3.63) is 29.8 Å². The van der Waals surface area contributed by atoms with E-state index in [1.807, 2.05) is 26.0 Å². The average molecular weight is 249 g/mol. The number of rotatable bonds is 7. The highest BCUT2D eigenvalue weighted by Crippen LogP contribution is 2.20. The standard InChI is InChI=1S/C15H23NO2/c1-4-11-18-13-9-7-12(8-10-13)14(17)15(16,5-2)6-3/h7-10H,4-6,11,16H2,1-3H3. The summed E-state index contributed by atoms with van der Waals surface area (Å²) >= 11 is 0. The first-order valence-corrected chi connectivity index (χ1v) is 6.64. The molecular weight excluding hydrogens is 226 g/mol. The topological polar surface area (TPSA) is 52.3 Å². The van der Waals surface area contributed by atoms with Crippen LogP contribution >= 0.6 is 0 Å². The number of hydrogen-bond donors (Lipinski definition) is 1. The lowest BCUT2D eigenvalue weighted by molar-refractivity contribution is 0.0879. The Morgan fingerprint density at radius 1 is 1.17 bits per heavy atom. The molecule has 0 spiro atoms. The zero-order valence-corrected chi connectivity index (χ0v) is 11.5. The van der Waals surface area contributed by atoms with Crippen molar-refractivity contribution < 1.29 is 9.53 Å². The van der Waals surface area contributed by atoms with Crippen molar-refractivity contribution >= 4 is 5.78 Å². The predicted octanol–water partition coefficient (Wildman–Crippen LogP) is 3.18. The second-order valence-electron chi connectivity index (χ2n) is 4.57. The van der Waals surface area contributed by atoms with E-state index in [0.717, 1.165) is 12.2 Å². The van der Waals surface area contributed by atoms with Crippen molar-refractivity contribution in [2.75, 3.05) is 6.61 Å². The number of hydrogen-bond acceptors (Lipinski definition) is 3. The number of Topliss-reactive ketones (excluding diaryl/α,β-unsaturated/α-hetero) is 1. The van der Waals surface area contributed by atoms with Gasteiger partial charge in [-0.25, -0.2) is 0 Å². The van der Waals surface area contributed by atoms with Crippen molar-refractivity contribution in [2.45, 2.75) is 45.6 Å². The third-order valence-electron chi connectivity index (χ3n) is 3.30. The molecule has 0 aliphatic heterocycles. The van der Waals surface area contributed by atoms with Gasteiger partial charge in [0.2, 0.25) is 0 Å². The van der Waals surface area contributed by atoms with Crippen LogP contribution in [0.2, 0.25) is 0 Å². The number of nitrogens with two attached hydrogens (primary N) is 1. The van der Waals surface area contributed by atoms with Gasteiger partial charge < -0.3 is 10.5 Å². The Balaban J connectivity index is 2.81. The fourth-order valence-corrected chi connectivity index (χ4v) is 1.78. The van der Waals surface area contributed by atoms with E-state index in [1.165, 1.54) is 0 Å². The quantitative estimate of drug-likeness (QED) is 0.755. The molecule has 0 aliphatic rings. The summed E-state index contributed by atoms with van der Waals surface area (Å²) in [5.41, 5.74) is 6.02. The molecular formula is C15H23NO2. The molecule has 1 aromatic carbocycles. The van der Waals surface area contributed by atoms with Gasteiger partial charge in [0.1, 0.15) is 5.75 Å². The molecule has 3 nitrogen and oxygen atoms in total. The maximum absolute atomic E-state index is 12.3. The van der Waals surface area contributed by atoms with Gasteiger partial charge in [0.25, 0.3) is 0 Å². The number of ketones is 1. The van der Waals surface area contributed by atoms with E-state index in [2.05, 4.69) is 6.92 Å². The van der Waals surface area contributed by atoms with Crippen molar-refractivity contribution in [3.63, 3.8) is 0 Å². The number of carbonyl (C=O) groups excluding carboxylic acids is 1. The Kier molecular flexibility index (Phi) is 5.35. The van der Waals surface area contributed by atoms with Gasteiger partial charge in [-0.2, -0.15) is 0 Å². The molecule has 1 aromatic rings. The van der Waals surface area contributed by atoms with Gasteiger partial charge in [0, 0.05) is 5.56 Å². The van der Waals surface area contributed by atoms with E-state index in [9.17, 15) is 4.79 Å². The monoisotopic (exact) mass is 249 g/mol. The van der Waals surface area contributed by atoms with E-state index < -0.39 is 5.54 Å². The van der Waals surface area contributed by atoms with Crippen molar-refractivity contribution in [1.82, 2.24) is 0 Å². The summed E-state index contributed by atoms with van der Waals surface area (Å²) in [6, 6.07) is 7.24. The highest BCUT2D eigenvalue weighted by molar-refractivity contribution is 6.03. The smallest absolute Gasteiger partial charge is 0.182 e. The normalized spacial score (nSPS) is 11.3. The van der Waals surface area contributed by atoms with Crippen LogP contribution in [0, 0.1) is 0 Å². The molecule has 0 aromatic heterocycles. The summed E-state index contributed by atoms with van der Waals surface area (Å²) in [4.78, 5) is 12.3. The van der Waals surface area contributed by atoms with Crippen molar-refractivity contribution in [2.24, 2.45) is 5.73 Å². The lowest BCUT2D eigenvalue weighted by Gasteiger charge is -2.24. The zero-order valence-electron chi connectivity index (χ0n) is 11.5. The van der Waals surface area contributed by atoms with Crippen LogP contribution in [0.15, 0.2) is 24.3 Å². The Bertz CT molecular complexity index is 380. The molecule has 18 heavy (non-hydrogen) atoms. The van der Waals surface area contributed by atoms with Gasteiger partial charge in [-0.15, -0.1) is 0 Å². The van der Waals surface area contributed by atoms with Crippen LogP contribution in [0.4, 0.5) is 0 Å². The third kappa shape index (κ3) is 3.33. The lowest BCUT2D eigenvalue weighted by Crippen LogP contribution is -2.46. The average Bonchev–Trinajstić information content (AvgIpc) is 2.44. The molecule has 0 fully saturated rings. The second kappa shape index (κ2) is 6.55. The zero-order chi connectivity index (χ0) is 13.6. The number of benzene rings is 1. The molecule has 0 radical (unpaired) electrons. The Morgan fingerprint density at radius 3 is 2.17 bits per heavy atom. The van der Waals surface area contributed by atoms with E-state index in [1.54, 1.807) is 12.1 Å². The minimum Gasteiger partial charge on any atom is -0.494 e. The molecule has 2 N–H and O–H groups in total. The molecule has 100 valence electrons. The Hall–Kier alpha value is -1.35. The first-order valence-electron chi connectivity index (χ1n) is 6.64. The highest BCUT2D eigenvalue weighted by atomic mass is 16.5. The maximum Gasteiger partial charge on any atom is 0.182 e. The van der Waals surface area contributed by atoms with Crippen molar-refractivity contribution in [3.8, 4) is 5.75 Å². The van der Waals surface area contributed by atoms with Gasteiger partial charge in [0.15, 0.2) is 5.78 Å². The third-order valence-corrected chi connectivity index (χ3v) is 3.30. The Labute approximate surface area is 109 Å². The van der Waals surface area contributed by atoms with E-state index in [0.29, 0.717) is 25.0 Å². The minimum atomic E-state index is -0.744. The Morgan fingerprint density at radius 2 is 1.72 bits per heavy atom.